The van der Waals surface area contributed by atoms with Gasteiger partial charge in [0, 0.05) is 5.02 Å². The van der Waals surface area contributed by atoms with Crippen molar-refractivity contribution in [3.05, 3.63) is 58.6 Å². The molecule has 0 heterocycles. The summed E-state index contributed by atoms with van der Waals surface area (Å²) in [5, 5.41) is 0.724. The number of hydrogen-bond donors (Lipinski definition) is 1. The lowest BCUT2D eigenvalue weighted by atomic mass is 9.90. The van der Waals surface area contributed by atoms with E-state index in [1.165, 1.54) is 11.1 Å². The van der Waals surface area contributed by atoms with Gasteiger partial charge < -0.3 is 4.84 Å². The number of halogens is 1. The molecule has 2 aromatic carbocycles. The molecule has 3 nitrogen and oxygen atoms in total. The van der Waals surface area contributed by atoms with E-state index in [0.717, 1.165) is 22.6 Å². The smallest absolute Gasteiger partial charge is 0.328 e. The molecule has 2 aromatic rings. The number of fused-ring (bicyclic) bond motifs is 1. The molecule has 0 saturated heterocycles. The van der Waals surface area contributed by atoms with Gasteiger partial charge in [0.15, 0.2) is 0 Å². The van der Waals surface area contributed by atoms with E-state index in [1.807, 2.05) is 24.3 Å². The predicted octanol–water partition coefficient (Wildman–Crippen LogP) is 4.09. The van der Waals surface area contributed by atoms with Gasteiger partial charge in [-0.3, -0.25) is 4.79 Å². The summed E-state index contributed by atoms with van der Waals surface area (Å²) in [6, 6.07) is 14.1. The lowest BCUT2D eigenvalue weighted by Crippen LogP contribution is -2.24. The first-order chi connectivity index (χ1) is 10.6. The SMILES string of the molecule is CCC1c2ccc(-c3ccc(Cl)cc3)cc2CC1C(=O)ON. The summed E-state index contributed by atoms with van der Waals surface area (Å²) in [5.41, 5.74) is 4.68. The fourth-order valence-electron chi connectivity index (χ4n) is 3.40. The summed E-state index contributed by atoms with van der Waals surface area (Å²) < 4.78 is 0. The highest BCUT2D eigenvalue weighted by atomic mass is 35.5. The van der Waals surface area contributed by atoms with Crippen molar-refractivity contribution >= 4 is 17.6 Å². The first kappa shape index (κ1) is 15.1. The molecule has 4 heteroatoms. The van der Waals surface area contributed by atoms with E-state index in [-0.39, 0.29) is 17.8 Å². The fraction of sp³-hybridized carbons (Fsp3) is 0.278. The molecule has 2 atom stereocenters. The van der Waals surface area contributed by atoms with E-state index < -0.39 is 0 Å². The molecule has 3 rings (SSSR count). The first-order valence-corrected chi connectivity index (χ1v) is 7.81. The largest absolute Gasteiger partial charge is 0.373 e. The van der Waals surface area contributed by atoms with Crippen LogP contribution in [0.2, 0.25) is 5.02 Å². The molecule has 0 spiro atoms. The molecule has 1 aliphatic rings. The minimum Gasteiger partial charge on any atom is -0.373 e. The van der Waals surface area contributed by atoms with E-state index in [2.05, 4.69) is 30.0 Å². The highest BCUT2D eigenvalue weighted by molar-refractivity contribution is 6.30. The van der Waals surface area contributed by atoms with Crippen molar-refractivity contribution in [1.29, 1.82) is 0 Å². The molecule has 114 valence electrons. The number of carbonyl (C=O) groups excluding carboxylic acids is 1. The molecule has 0 aliphatic heterocycles. The number of carbonyl (C=O) groups is 1. The van der Waals surface area contributed by atoms with Crippen LogP contribution in [-0.2, 0) is 16.1 Å². The van der Waals surface area contributed by atoms with E-state index in [1.54, 1.807) is 0 Å². The number of hydrogen-bond acceptors (Lipinski definition) is 3. The van der Waals surface area contributed by atoms with E-state index in [9.17, 15) is 4.79 Å². The first-order valence-electron chi connectivity index (χ1n) is 7.43. The Hall–Kier alpha value is -1.84. The Morgan fingerprint density at radius 2 is 1.91 bits per heavy atom. The van der Waals surface area contributed by atoms with Gasteiger partial charge in [0.1, 0.15) is 0 Å². The molecule has 0 bridgehead atoms. The molecule has 0 fully saturated rings. The summed E-state index contributed by atoms with van der Waals surface area (Å²) in [4.78, 5) is 16.4. The maximum atomic E-state index is 11.9. The van der Waals surface area contributed by atoms with Crippen LogP contribution in [0.3, 0.4) is 0 Å². The van der Waals surface area contributed by atoms with Crippen molar-refractivity contribution in [1.82, 2.24) is 0 Å². The Morgan fingerprint density at radius 3 is 2.55 bits per heavy atom. The van der Waals surface area contributed by atoms with Crippen molar-refractivity contribution in [2.75, 3.05) is 0 Å². The Balaban J connectivity index is 1.96. The molecule has 0 radical (unpaired) electrons. The van der Waals surface area contributed by atoms with E-state index >= 15 is 0 Å². The minimum atomic E-state index is -0.323. The lowest BCUT2D eigenvalue weighted by molar-refractivity contribution is -0.149. The average Bonchev–Trinajstić information content (AvgIpc) is 2.92. The minimum absolute atomic E-state index is 0.175. The van der Waals surface area contributed by atoms with Crippen LogP contribution in [0.25, 0.3) is 11.1 Å². The fourth-order valence-corrected chi connectivity index (χ4v) is 3.53. The third kappa shape index (κ3) is 2.62. The van der Waals surface area contributed by atoms with Crippen LogP contribution in [0.4, 0.5) is 0 Å². The van der Waals surface area contributed by atoms with Crippen molar-refractivity contribution in [2.24, 2.45) is 11.8 Å². The highest BCUT2D eigenvalue weighted by Crippen LogP contribution is 2.42. The third-order valence-corrected chi connectivity index (χ3v) is 4.76. The summed E-state index contributed by atoms with van der Waals surface area (Å²) in [6.07, 6.45) is 1.58. The van der Waals surface area contributed by atoms with Gasteiger partial charge in [-0.1, -0.05) is 48.9 Å². The molecule has 2 unspecified atom stereocenters. The molecule has 1 aliphatic carbocycles. The maximum Gasteiger partial charge on any atom is 0.328 e. The molecule has 0 saturated carbocycles. The van der Waals surface area contributed by atoms with Crippen LogP contribution in [-0.4, -0.2) is 5.97 Å². The second-order valence-electron chi connectivity index (χ2n) is 5.68. The van der Waals surface area contributed by atoms with E-state index in [0.29, 0.717) is 6.42 Å². The van der Waals surface area contributed by atoms with Crippen LogP contribution in [0.15, 0.2) is 42.5 Å². The maximum absolute atomic E-state index is 11.9. The van der Waals surface area contributed by atoms with Gasteiger partial charge in [-0.2, -0.15) is 5.90 Å². The van der Waals surface area contributed by atoms with E-state index in [4.69, 9.17) is 17.5 Å². The Morgan fingerprint density at radius 1 is 1.23 bits per heavy atom. The zero-order valence-electron chi connectivity index (χ0n) is 12.4. The van der Waals surface area contributed by atoms with Crippen LogP contribution in [0.1, 0.15) is 30.4 Å². The average molecular weight is 316 g/mol. The van der Waals surface area contributed by atoms with Crippen LogP contribution >= 0.6 is 11.6 Å². The number of rotatable bonds is 3. The van der Waals surface area contributed by atoms with Crippen molar-refractivity contribution in [3.63, 3.8) is 0 Å². The zero-order chi connectivity index (χ0) is 15.7. The van der Waals surface area contributed by atoms with Gasteiger partial charge in [-0.05, 0) is 53.1 Å². The van der Waals surface area contributed by atoms with Crippen LogP contribution in [0.5, 0.6) is 0 Å². The van der Waals surface area contributed by atoms with Gasteiger partial charge in [0.25, 0.3) is 0 Å². The monoisotopic (exact) mass is 315 g/mol. The summed E-state index contributed by atoms with van der Waals surface area (Å²) in [5.74, 6) is 4.76. The second kappa shape index (κ2) is 6.11. The number of benzene rings is 2. The standard InChI is InChI=1S/C18H18ClNO2/c1-2-15-16-8-5-12(11-3-6-14(19)7-4-11)9-13(16)10-17(15)18(21)22-20/h3-9,15,17H,2,10,20H2,1H3. The van der Waals surface area contributed by atoms with Gasteiger partial charge in [-0.25, -0.2) is 0 Å². The Bertz CT molecular complexity index is 697. The van der Waals surface area contributed by atoms with Gasteiger partial charge in [0.05, 0.1) is 5.92 Å². The topological polar surface area (TPSA) is 52.3 Å². The van der Waals surface area contributed by atoms with Gasteiger partial charge in [0.2, 0.25) is 0 Å². The molecule has 0 aromatic heterocycles. The zero-order valence-corrected chi connectivity index (χ0v) is 13.1. The molecule has 2 N–H and O–H groups in total. The Kier molecular flexibility index (Phi) is 4.19. The van der Waals surface area contributed by atoms with Crippen molar-refractivity contribution in [2.45, 2.75) is 25.7 Å². The molecule has 0 amide bonds. The molecular formula is C18H18ClNO2. The molecule has 22 heavy (non-hydrogen) atoms. The second-order valence-corrected chi connectivity index (χ2v) is 6.12. The van der Waals surface area contributed by atoms with Crippen molar-refractivity contribution < 1.29 is 9.63 Å². The summed E-state index contributed by atoms with van der Waals surface area (Å²) >= 11 is 5.94. The van der Waals surface area contributed by atoms with Gasteiger partial charge in [-0.15, -0.1) is 0 Å². The summed E-state index contributed by atoms with van der Waals surface area (Å²) in [6.45, 7) is 2.09. The summed E-state index contributed by atoms with van der Waals surface area (Å²) in [7, 11) is 0. The normalized spacial score (nSPS) is 19.8. The van der Waals surface area contributed by atoms with Gasteiger partial charge >= 0.3 is 5.97 Å². The molecular weight excluding hydrogens is 298 g/mol. The van der Waals surface area contributed by atoms with Crippen LogP contribution in [0, 0.1) is 5.92 Å². The van der Waals surface area contributed by atoms with Crippen molar-refractivity contribution in [3.8, 4) is 11.1 Å². The lowest BCUT2D eigenvalue weighted by Gasteiger charge is -2.15. The predicted molar refractivity (Wildman–Crippen MR) is 87.4 cm³/mol. The quantitative estimate of drug-likeness (QED) is 0.868. The highest BCUT2D eigenvalue weighted by Gasteiger charge is 2.37. The third-order valence-electron chi connectivity index (χ3n) is 4.50. The number of nitrogens with two attached hydrogens (primary N) is 1. The van der Waals surface area contributed by atoms with Crippen LogP contribution < -0.4 is 5.90 Å². The Labute approximate surface area is 135 Å².